The Labute approximate surface area is 173 Å². The topological polar surface area (TPSA) is 88.9 Å². The third-order valence-electron chi connectivity index (χ3n) is 4.38. The standard InChI is InChI=1S/C23H19N5O2/c29-22(13-17-5-2-1-3-6-17)26-20-15-25-28(16-20)21-8-4-7-18(14-21)23(30)27-19-9-11-24-12-10-19/h1-12,14-16H,13H2,(H,26,29)(H,24,27,30). The summed E-state index contributed by atoms with van der Waals surface area (Å²) in [4.78, 5) is 28.7. The van der Waals surface area contributed by atoms with Crippen molar-refractivity contribution in [3.8, 4) is 5.69 Å². The molecule has 2 N–H and O–H groups in total. The Bertz CT molecular complexity index is 1160. The highest BCUT2D eigenvalue weighted by molar-refractivity contribution is 6.04. The van der Waals surface area contributed by atoms with Crippen LogP contribution < -0.4 is 10.6 Å². The molecule has 0 aliphatic rings. The average molecular weight is 397 g/mol. The Morgan fingerprint density at radius 1 is 0.867 bits per heavy atom. The monoisotopic (exact) mass is 397 g/mol. The van der Waals surface area contributed by atoms with E-state index in [9.17, 15) is 9.59 Å². The van der Waals surface area contributed by atoms with E-state index in [1.807, 2.05) is 36.4 Å². The molecule has 2 aromatic carbocycles. The van der Waals surface area contributed by atoms with E-state index in [-0.39, 0.29) is 18.2 Å². The Hall–Kier alpha value is -4.26. The van der Waals surface area contributed by atoms with Crippen molar-refractivity contribution < 1.29 is 9.59 Å². The van der Waals surface area contributed by atoms with E-state index < -0.39 is 0 Å². The highest BCUT2D eigenvalue weighted by Crippen LogP contribution is 2.15. The first-order valence-electron chi connectivity index (χ1n) is 9.38. The molecule has 2 heterocycles. The van der Waals surface area contributed by atoms with Crippen molar-refractivity contribution in [1.29, 1.82) is 0 Å². The SMILES string of the molecule is O=C(Cc1ccccc1)Nc1cnn(-c2cccc(C(=O)Nc3ccncc3)c2)c1. The molecule has 0 aliphatic carbocycles. The van der Waals surface area contributed by atoms with Crippen molar-refractivity contribution in [1.82, 2.24) is 14.8 Å². The highest BCUT2D eigenvalue weighted by Gasteiger charge is 2.10. The lowest BCUT2D eigenvalue weighted by molar-refractivity contribution is -0.115. The lowest BCUT2D eigenvalue weighted by atomic mass is 10.1. The molecule has 7 heteroatoms. The maximum absolute atomic E-state index is 12.5. The third-order valence-corrected chi connectivity index (χ3v) is 4.38. The number of rotatable bonds is 6. The highest BCUT2D eigenvalue weighted by atomic mass is 16.2. The van der Waals surface area contributed by atoms with Gasteiger partial charge < -0.3 is 10.6 Å². The molecule has 4 rings (SSSR count). The van der Waals surface area contributed by atoms with Crippen LogP contribution in [0.25, 0.3) is 5.69 Å². The van der Waals surface area contributed by atoms with Gasteiger partial charge in [0.1, 0.15) is 0 Å². The first kappa shape index (κ1) is 19.1. The molecule has 0 atom stereocenters. The van der Waals surface area contributed by atoms with Crippen molar-refractivity contribution in [2.24, 2.45) is 0 Å². The molecule has 0 radical (unpaired) electrons. The summed E-state index contributed by atoms with van der Waals surface area (Å²) in [6.07, 6.45) is 6.80. The Morgan fingerprint density at radius 3 is 2.47 bits per heavy atom. The number of benzene rings is 2. The maximum atomic E-state index is 12.5. The summed E-state index contributed by atoms with van der Waals surface area (Å²) in [6, 6.07) is 20.1. The molecule has 2 aromatic heterocycles. The van der Waals surface area contributed by atoms with Gasteiger partial charge in [-0.1, -0.05) is 36.4 Å². The van der Waals surface area contributed by atoms with E-state index in [0.717, 1.165) is 5.56 Å². The average Bonchev–Trinajstić information content (AvgIpc) is 3.23. The second-order valence-corrected chi connectivity index (χ2v) is 6.62. The zero-order chi connectivity index (χ0) is 20.8. The number of hydrogen-bond acceptors (Lipinski definition) is 4. The van der Waals surface area contributed by atoms with Crippen LogP contribution in [0.15, 0.2) is 91.5 Å². The fourth-order valence-electron chi connectivity index (χ4n) is 2.94. The van der Waals surface area contributed by atoms with Crippen LogP contribution in [-0.2, 0) is 11.2 Å². The number of amides is 2. The number of carbonyl (C=O) groups is 2. The number of pyridine rings is 1. The minimum absolute atomic E-state index is 0.119. The van der Waals surface area contributed by atoms with Crippen molar-refractivity contribution in [3.05, 3.63) is 103 Å². The Morgan fingerprint density at radius 2 is 1.67 bits per heavy atom. The summed E-state index contributed by atoms with van der Waals surface area (Å²) in [7, 11) is 0. The van der Waals surface area contributed by atoms with E-state index in [0.29, 0.717) is 22.6 Å². The first-order valence-corrected chi connectivity index (χ1v) is 9.38. The molecule has 148 valence electrons. The van der Waals surface area contributed by atoms with Crippen LogP contribution in [0.3, 0.4) is 0 Å². The van der Waals surface area contributed by atoms with E-state index in [1.54, 1.807) is 59.8 Å². The van der Waals surface area contributed by atoms with Crippen molar-refractivity contribution in [3.63, 3.8) is 0 Å². The third kappa shape index (κ3) is 4.77. The van der Waals surface area contributed by atoms with Gasteiger partial charge in [-0.25, -0.2) is 4.68 Å². The molecule has 0 fully saturated rings. The Kier molecular flexibility index (Phi) is 5.61. The number of nitrogens with zero attached hydrogens (tertiary/aromatic N) is 3. The predicted molar refractivity (Wildman–Crippen MR) is 115 cm³/mol. The lowest BCUT2D eigenvalue weighted by Crippen LogP contribution is -2.14. The zero-order valence-corrected chi connectivity index (χ0v) is 16.0. The molecule has 2 amide bonds. The smallest absolute Gasteiger partial charge is 0.255 e. The van der Waals surface area contributed by atoms with E-state index in [2.05, 4.69) is 20.7 Å². The summed E-state index contributed by atoms with van der Waals surface area (Å²) >= 11 is 0. The molecule has 7 nitrogen and oxygen atoms in total. The second-order valence-electron chi connectivity index (χ2n) is 6.62. The van der Waals surface area contributed by atoms with Gasteiger partial charge in [0.2, 0.25) is 5.91 Å². The molecule has 0 aliphatic heterocycles. The molecule has 30 heavy (non-hydrogen) atoms. The van der Waals surface area contributed by atoms with Gasteiger partial charge >= 0.3 is 0 Å². The van der Waals surface area contributed by atoms with Gasteiger partial charge in [0.15, 0.2) is 0 Å². The van der Waals surface area contributed by atoms with E-state index in [1.165, 1.54) is 0 Å². The fourth-order valence-corrected chi connectivity index (χ4v) is 2.94. The largest absolute Gasteiger partial charge is 0.323 e. The molecule has 0 bridgehead atoms. The minimum atomic E-state index is -0.230. The number of hydrogen-bond donors (Lipinski definition) is 2. The molecular weight excluding hydrogens is 378 g/mol. The molecule has 0 saturated heterocycles. The second kappa shape index (κ2) is 8.83. The summed E-state index contributed by atoms with van der Waals surface area (Å²) in [5, 5.41) is 9.96. The van der Waals surface area contributed by atoms with Crippen LogP contribution in [0.1, 0.15) is 15.9 Å². The summed E-state index contributed by atoms with van der Waals surface area (Å²) < 4.78 is 1.61. The van der Waals surface area contributed by atoms with Gasteiger partial charge in [-0.05, 0) is 35.9 Å². The predicted octanol–water partition coefficient (Wildman–Crippen LogP) is 3.70. The molecular formula is C23H19N5O2. The lowest BCUT2D eigenvalue weighted by Gasteiger charge is -2.07. The fraction of sp³-hybridized carbons (Fsp3) is 0.0435. The van der Waals surface area contributed by atoms with Gasteiger partial charge in [0, 0.05) is 23.6 Å². The van der Waals surface area contributed by atoms with Gasteiger partial charge in [-0.2, -0.15) is 5.10 Å². The Balaban J connectivity index is 1.43. The minimum Gasteiger partial charge on any atom is -0.323 e. The van der Waals surface area contributed by atoms with Crippen molar-refractivity contribution in [2.45, 2.75) is 6.42 Å². The van der Waals surface area contributed by atoms with E-state index >= 15 is 0 Å². The normalized spacial score (nSPS) is 10.4. The van der Waals surface area contributed by atoms with Gasteiger partial charge in [0.25, 0.3) is 5.91 Å². The van der Waals surface area contributed by atoms with Gasteiger partial charge in [0.05, 0.1) is 30.2 Å². The van der Waals surface area contributed by atoms with E-state index in [4.69, 9.17) is 0 Å². The number of nitrogens with one attached hydrogen (secondary N) is 2. The molecule has 0 saturated carbocycles. The van der Waals surface area contributed by atoms with Gasteiger partial charge in [-0.3, -0.25) is 14.6 Å². The molecule has 0 unspecified atom stereocenters. The van der Waals surface area contributed by atoms with Crippen molar-refractivity contribution in [2.75, 3.05) is 10.6 Å². The van der Waals surface area contributed by atoms with Gasteiger partial charge in [-0.15, -0.1) is 0 Å². The van der Waals surface area contributed by atoms with Crippen LogP contribution in [-0.4, -0.2) is 26.6 Å². The number of carbonyl (C=O) groups excluding carboxylic acids is 2. The first-order chi connectivity index (χ1) is 14.7. The van der Waals surface area contributed by atoms with Crippen LogP contribution in [0.5, 0.6) is 0 Å². The van der Waals surface area contributed by atoms with Crippen LogP contribution in [0, 0.1) is 0 Å². The molecule has 0 spiro atoms. The number of anilines is 2. The summed E-state index contributed by atoms with van der Waals surface area (Å²) in [5.74, 6) is -0.349. The number of aromatic nitrogens is 3. The quantitative estimate of drug-likeness (QED) is 0.519. The van der Waals surface area contributed by atoms with Crippen LogP contribution >= 0.6 is 0 Å². The summed E-state index contributed by atoms with van der Waals surface area (Å²) in [5.41, 5.74) is 3.40. The zero-order valence-electron chi connectivity index (χ0n) is 16.0. The van der Waals surface area contributed by atoms with Crippen LogP contribution in [0.4, 0.5) is 11.4 Å². The maximum Gasteiger partial charge on any atom is 0.255 e. The molecule has 4 aromatic rings. The summed E-state index contributed by atoms with van der Waals surface area (Å²) in [6.45, 7) is 0. The van der Waals surface area contributed by atoms with Crippen LogP contribution in [0.2, 0.25) is 0 Å². The van der Waals surface area contributed by atoms with Crippen molar-refractivity contribution >= 4 is 23.2 Å².